The van der Waals surface area contributed by atoms with Gasteiger partial charge in [0.05, 0.1) is 0 Å². The summed E-state index contributed by atoms with van der Waals surface area (Å²) in [5.74, 6) is -0.151. The van der Waals surface area contributed by atoms with Crippen LogP contribution in [-0.4, -0.2) is 6.54 Å². The van der Waals surface area contributed by atoms with Crippen molar-refractivity contribution in [3.05, 3.63) is 72.0 Å². The Morgan fingerprint density at radius 3 is 2.57 bits per heavy atom. The van der Waals surface area contributed by atoms with Gasteiger partial charge in [-0.25, -0.2) is 4.39 Å². The molecule has 0 spiro atoms. The normalized spacial score (nSPS) is 11.0. The molecular weight excluding hydrogens is 261 g/mol. The first kappa shape index (κ1) is 13.8. The third kappa shape index (κ3) is 2.81. The Hall–Kier alpha value is -2.19. The number of hydrogen-bond acceptors (Lipinski definition) is 1. The highest BCUT2D eigenvalue weighted by molar-refractivity contribution is 5.96. The fourth-order valence-electron chi connectivity index (χ4n) is 2.60. The molecule has 0 bridgehead atoms. The predicted octanol–water partition coefficient (Wildman–Crippen LogP) is 4.76. The molecule has 3 aromatic rings. The van der Waals surface area contributed by atoms with E-state index in [1.807, 2.05) is 43.3 Å². The second-order valence-electron chi connectivity index (χ2n) is 5.11. The van der Waals surface area contributed by atoms with Crippen molar-refractivity contribution in [2.75, 3.05) is 6.54 Å². The highest BCUT2D eigenvalue weighted by Gasteiger charge is 2.07. The molecule has 0 amide bonds. The van der Waals surface area contributed by atoms with Crippen molar-refractivity contribution >= 4 is 10.8 Å². The smallest absolute Gasteiger partial charge is 0.128 e. The van der Waals surface area contributed by atoms with Crippen molar-refractivity contribution < 1.29 is 4.39 Å². The summed E-state index contributed by atoms with van der Waals surface area (Å²) < 4.78 is 14.2. The molecule has 2 heteroatoms. The standard InChI is InChI=1S/C19H18FN/c1-2-21-13-16-11-10-15(12-19(16)20)18-9-5-7-14-6-3-4-8-17(14)18/h3-12,21H,2,13H2,1H3. The summed E-state index contributed by atoms with van der Waals surface area (Å²) in [6, 6.07) is 19.8. The van der Waals surface area contributed by atoms with Gasteiger partial charge in [0, 0.05) is 12.1 Å². The fourth-order valence-corrected chi connectivity index (χ4v) is 2.60. The van der Waals surface area contributed by atoms with E-state index in [1.165, 1.54) is 5.39 Å². The van der Waals surface area contributed by atoms with Crippen LogP contribution >= 0.6 is 0 Å². The lowest BCUT2D eigenvalue weighted by Crippen LogP contribution is -2.12. The number of halogens is 1. The van der Waals surface area contributed by atoms with Crippen molar-refractivity contribution in [2.24, 2.45) is 0 Å². The topological polar surface area (TPSA) is 12.0 Å². The lowest BCUT2D eigenvalue weighted by molar-refractivity contribution is 0.594. The zero-order chi connectivity index (χ0) is 14.7. The monoisotopic (exact) mass is 279 g/mol. The first-order valence-corrected chi connectivity index (χ1v) is 7.27. The van der Waals surface area contributed by atoms with Gasteiger partial charge < -0.3 is 5.32 Å². The maximum absolute atomic E-state index is 14.2. The molecule has 0 saturated carbocycles. The van der Waals surface area contributed by atoms with E-state index in [9.17, 15) is 4.39 Å². The molecular formula is C19H18FN. The van der Waals surface area contributed by atoms with Crippen LogP contribution in [0.5, 0.6) is 0 Å². The van der Waals surface area contributed by atoms with E-state index in [0.29, 0.717) is 12.1 Å². The number of fused-ring (bicyclic) bond motifs is 1. The van der Waals surface area contributed by atoms with Gasteiger partial charge in [0.2, 0.25) is 0 Å². The second kappa shape index (κ2) is 6.06. The summed E-state index contributed by atoms with van der Waals surface area (Å²) in [5, 5.41) is 5.48. The first-order chi connectivity index (χ1) is 10.3. The number of hydrogen-bond donors (Lipinski definition) is 1. The van der Waals surface area contributed by atoms with E-state index < -0.39 is 0 Å². The molecule has 1 nitrogen and oxygen atoms in total. The Bertz CT molecular complexity index is 759. The van der Waals surface area contributed by atoms with Crippen molar-refractivity contribution in [1.82, 2.24) is 5.32 Å². The summed E-state index contributed by atoms with van der Waals surface area (Å²) in [6.07, 6.45) is 0. The van der Waals surface area contributed by atoms with Crippen LogP contribution in [0.4, 0.5) is 4.39 Å². The Morgan fingerprint density at radius 2 is 1.76 bits per heavy atom. The van der Waals surface area contributed by atoms with Gasteiger partial charge in [-0.2, -0.15) is 0 Å². The van der Waals surface area contributed by atoms with Crippen molar-refractivity contribution in [2.45, 2.75) is 13.5 Å². The van der Waals surface area contributed by atoms with Crippen LogP contribution in [0.15, 0.2) is 60.7 Å². The quantitative estimate of drug-likeness (QED) is 0.726. The minimum atomic E-state index is -0.151. The third-order valence-corrected chi connectivity index (χ3v) is 3.72. The van der Waals surface area contributed by atoms with Gasteiger partial charge in [-0.1, -0.05) is 61.5 Å². The third-order valence-electron chi connectivity index (χ3n) is 3.72. The minimum absolute atomic E-state index is 0.151. The van der Waals surface area contributed by atoms with E-state index in [-0.39, 0.29) is 5.82 Å². The molecule has 21 heavy (non-hydrogen) atoms. The Labute approximate surface area is 124 Å². The van der Waals surface area contributed by atoms with Gasteiger partial charge in [0.15, 0.2) is 0 Å². The lowest BCUT2D eigenvalue weighted by Gasteiger charge is -2.09. The highest BCUT2D eigenvalue weighted by Crippen LogP contribution is 2.29. The molecule has 1 N–H and O–H groups in total. The Morgan fingerprint density at radius 1 is 0.952 bits per heavy atom. The Kier molecular flexibility index (Phi) is 3.98. The molecule has 0 aliphatic carbocycles. The SMILES string of the molecule is CCNCc1ccc(-c2cccc3ccccc23)cc1F. The van der Waals surface area contributed by atoms with Crippen molar-refractivity contribution in [3.8, 4) is 11.1 Å². The van der Waals surface area contributed by atoms with Crippen LogP contribution in [-0.2, 0) is 6.54 Å². The number of benzene rings is 3. The van der Waals surface area contributed by atoms with Gasteiger partial charge in [0.1, 0.15) is 5.82 Å². The summed E-state index contributed by atoms with van der Waals surface area (Å²) in [4.78, 5) is 0. The summed E-state index contributed by atoms with van der Waals surface area (Å²) >= 11 is 0. The molecule has 3 aromatic carbocycles. The minimum Gasteiger partial charge on any atom is -0.313 e. The van der Waals surface area contributed by atoms with Gasteiger partial charge >= 0.3 is 0 Å². The van der Waals surface area contributed by atoms with E-state index in [0.717, 1.165) is 23.1 Å². The zero-order valence-electron chi connectivity index (χ0n) is 12.1. The molecule has 0 saturated heterocycles. The van der Waals surface area contributed by atoms with Gasteiger partial charge in [-0.05, 0) is 34.5 Å². The molecule has 0 heterocycles. The van der Waals surface area contributed by atoms with E-state index in [1.54, 1.807) is 6.07 Å². The van der Waals surface area contributed by atoms with E-state index >= 15 is 0 Å². The molecule has 0 unspecified atom stereocenters. The van der Waals surface area contributed by atoms with Gasteiger partial charge in [0.25, 0.3) is 0 Å². The van der Waals surface area contributed by atoms with Crippen LogP contribution < -0.4 is 5.32 Å². The number of rotatable bonds is 4. The van der Waals surface area contributed by atoms with Gasteiger partial charge in [-0.15, -0.1) is 0 Å². The molecule has 0 aromatic heterocycles. The van der Waals surface area contributed by atoms with Crippen LogP contribution in [0.1, 0.15) is 12.5 Å². The molecule has 0 radical (unpaired) electrons. The van der Waals surface area contributed by atoms with Crippen LogP contribution in [0.2, 0.25) is 0 Å². The van der Waals surface area contributed by atoms with Crippen molar-refractivity contribution in [3.63, 3.8) is 0 Å². The maximum Gasteiger partial charge on any atom is 0.128 e. The molecule has 0 aliphatic heterocycles. The van der Waals surface area contributed by atoms with E-state index in [2.05, 4.69) is 23.5 Å². The molecule has 0 atom stereocenters. The average molecular weight is 279 g/mol. The van der Waals surface area contributed by atoms with Crippen LogP contribution in [0, 0.1) is 5.82 Å². The second-order valence-corrected chi connectivity index (χ2v) is 5.11. The average Bonchev–Trinajstić information content (AvgIpc) is 2.53. The highest BCUT2D eigenvalue weighted by atomic mass is 19.1. The summed E-state index contributed by atoms with van der Waals surface area (Å²) in [6.45, 7) is 3.42. The van der Waals surface area contributed by atoms with Crippen LogP contribution in [0.25, 0.3) is 21.9 Å². The molecule has 3 rings (SSSR count). The molecule has 0 fully saturated rings. The fraction of sp³-hybridized carbons (Fsp3) is 0.158. The molecule has 0 aliphatic rings. The number of nitrogens with one attached hydrogen (secondary N) is 1. The lowest BCUT2D eigenvalue weighted by atomic mass is 9.97. The maximum atomic E-state index is 14.2. The van der Waals surface area contributed by atoms with Crippen LogP contribution in [0.3, 0.4) is 0 Å². The van der Waals surface area contributed by atoms with Gasteiger partial charge in [-0.3, -0.25) is 0 Å². The predicted molar refractivity (Wildman–Crippen MR) is 86.7 cm³/mol. The van der Waals surface area contributed by atoms with Crippen molar-refractivity contribution in [1.29, 1.82) is 0 Å². The summed E-state index contributed by atoms with van der Waals surface area (Å²) in [7, 11) is 0. The Balaban J connectivity index is 2.05. The largest absolute Gasteiger partial charge is 0.313 e. The zero-order valence-corrected chi connectivity index (χ0v) is 12.1. The first-order valence-electron chi connectivity index (χ1n) is 7.27. The van der Waals surface area contributed by atoms with E-state index in [4.69, 9.17) is 0 Å². The molecule has 106 valence electrons. The summed E-state index contributed by atoms with van der Waals surface area (Å²) in [5.41, 5.74) is 2.70.